The van der Waals surface area contributed by atoms with Crippen molar-refractivity contribution in [1.29, 1.82) is 0 Å². The molecule has 1 aromatic heterocycles. The molecule has 10 heteroatoms. The number of benzene rings is 2. The number of alkyl carbamates (subject to hydrolysis) is 1. The zero-order chi connectivity index (χ0) is 26.8. The number of hydrogen-bond acceptors (Lipinski definition) is 4. The molecule has 1 amide bonds. The minimum absolute atomic E-state index is 0.0721. The molecule has 1 atom stereocenters. The van der Waals surface area contributed by atoms with Gasteiger partial charge in [0.2, 0.25) is 0 Å². The van der Waals surface area contributed by atoms with Gasteiger partial charge in [0, 0.05) is 16.8 Å². The van der Waals surface area contributed by atoms with Crippen LogP contribution in [0.5, 0.6) is 0 Å². The number of carbonyl (C=O) groups is 1. The average Bonchev–Trinajstić information content (AvgIpc) is 2.78. The van der Waals surface area contributed by atoms with Crippen LogP contribution in [0, 0.1) is 25.5 Å². The van der Waals surface area contributed by atoms with E-state index in [1.807, 2.05) is 0 Å². The maximum absolute atomic E-state index is 14.7. The minimum Gasteiger partial charge on any atom is -0.444 e. The van der Waals surface area contributed by atoms with Crippen molar-refractivity contribution >= 4 is 22.0 Å². The Hall–Kier alpha value is -3.27. The zero-order valence-electron chi connectivity index (χ0n) is 20.7. The van der Waals surface area contributed by atoms with Gasteiger partial charge in [-0.1, -0.05) is 30.3 Å². The Labute approximate surface area is 215 Å². The molecule has 3 aromatic rings. The van der Waals surface area contributed by atoms with Crippen LogP contribution < -0.4 is 16.6 Å². The van der Waals surface area contributed by atoms with Gasteiger partial charge in [-0.3, -0.25) is 13.9 Å². The maximum Gasteiger partial charge on any atom is 0.408 e. The molecule has 0 bridgehead atoms. The number of rotatable bonds is 6. The van der Waals surface area contributed by atoms with E-state index in [1.54, 1.807) is 52.8 Å². The van der Waals surface area contributed by atoms with Crippen molar-refractivity contribution in [3.63, 3.8) is 0 Å². The van der Waals surface area contributed by atoms with E-state index in [-0.39, 0.29) is 23.1 Å². The number of halogens is 3. The van der Waals surface area contributed by atoms with Gasteiger partial charge < -0.3 is 10.1 Å². The number of nitrogens with one attached hydrogen (secondary N) is 1. The van der Waals surface area contributed by atoms with Gasteiger partial charge in [0.05, 0.1) is 19.1 Å². The van der Waals surface area contributed by atoms with Gasteiger partial charge in [-0.15, -0.1) is 0 Å². The third-order valence-corrected chi connectivity index (χ3v) is 6.54. The van der Waals surface area contributed by atoms with Crippen LogP contribution in [0.25, 0.3) is 0 Å². The molecule has 1 N–H and O–H groups in total. The van der Waals surface area contributed by atoms with Crippen LogP contribution in [0.1, 0.15) is 49.2 Å². The molecule has 0 aliphatic carbocycles. The molecule has 0 spiro atoms. The Bertz CT molecular complexity index is 1390. The summed E-state index contributed by atoms with van der Waals surface area (Å²) >= 11 is 3.24. The van der Waals surface area contributed by atoms with Crippen molar-refractivity contribution < 1.29 is 18.3 Å². The number of aryl methyl sites for hydroxylation is 1. The van der Waals surface area contributed by atoms with E-state index >= 15 is 0 Å². The lowest BCUT2D eigenvalue weighted by atomic mass is 10.1. The molecule has 0 aliphatic heterocycles. The fraction of sp³-hybridized carbons (Fsp3) is 0.346. The first-order chi connectivity index (χ1) is 16.8. The van der Waals surface area contributed by atoms with Crippen LogP contribution in [0.3, 0.4) is 0 Å². The van der Waals surface area contributed by atoms with Crippen LogP contribution in [0.15, 0.2) is 56.5 Å². The summed E-state index contributed by atoms with van der Waals surface area (Å²) in [5, 5.41) is 2.57. The van der Waals surface area contributed by atoms with Gasteiger partial charge in [0.25, 0.3) is 5.56 Å². The highest BCUT2D eigenvalue weighted by Crippen LogP contribution is 2.21. The standard InChI is InChI=1S/C26H28BrF2N3O4/c1-15-9-8-12-20(29)18(15)13-31-16(2)22(27)23(33)32(25(31)35)14-21(17-10-6-7-11-19(17)28)30-24(34)36-26(3,4)5/h6-12,21H,13-14H2,1-5H3,(H,30,34)/t21-/m0/s1. The highest BCUT2D eigenvalue weighted by atomic mass is 79.9. The topological polar surface area (TPSA) is 82.3 Å². The summed E-state index contributed by atoms with van der Waals surface area (Å²) in [6.45, 7) is 7.82. The van der Waals surface area contributed by atoms with Crippen LogP contribution in [0.4, 0.5) is 13.6 Å². The van der Waals surface area contributed by atoms with Crippen molar-refractivity contribution in [1.82, 2.24) is 14.5 Å². The quantitative estimate of drug-likeness (QED) is 0.458. The fourth-order valence-corrected chi connectivity index (χ4v) is 4.18. The van der Waals surface area contributed by atoms with Crippen molar-refractivity contribution in [2.24, 2.45) is 0 Å². The second kappa shape index (κ2) is 10.8. The highest BCUT2D eigenvalue weighted by molar-refractivity contribution is 9.10. The predicted molar refractivity (Wildman–Crippen MR) is 136 cm³/mol. The zero-order valence-corrected chi connectivity index (χ0v) is 22.3. The molecule has 0 fully saturated rings. The number of aromatic nitrogens is 2. The van der Waals surface area contributed by atoms with Crippen molar-refractivity contribution in [3.8, 4) is 0 Å². The lowest BCUT2D eigenvalue weighted by molar-refractivity contribution is 0.0497. The molecule has 0 radical (unpaired) electrons. The number of nitrogens with zero attached hydrogens (tertiary/aromatic N) is 2. The Morgan fingerprint density at radius 1 is 1.03 bits per heavy atom. The summed E-state index contributed by atoms with van der Waals surface area (Å²) in [6, 6.07) is 9.22. The van der Waals surface area contributed by atoms with Crippen LogP contribution >= 0.6 is 15.9 Å². The maximum atomic E-state index is 14.7. The predicted octanol–water partition coefficient (Wildman–Crippen LogP) is 4.98. The van der Waals surface area contributed by atoms with Gasteiger partial charge in [-0.05, 0) is 68.2 Å². The average molecular weight is 564 g/mol. The molecule has 1 heterocycles. The Kier molecular flexibility index (Phi) is 8.18. The van der Waals surface area contributed by atoms with Crippen molar-refractivity contribution in [2.75, 3.05) is 0 Å². The highest BCUT2D eigenvalue weighted by Gasteiger charge is 2.25. The number of amides is 1. The smallest absolute Gasteiger partial charge is 0.408 e. The van der Waals surface area contributed by atoms with Crippen LogP contribution in [0.2, 0.25) is 0 Å². The monoisotopic (exact) mass is 563 g/mol. The lowest BCUT2D eigenvalue weighted by Gasteiger charge is -2.25. The summed E-state index contributed by atoms with van der Waals surface area (Å²) in [6.07, 6.45) is -0.836. The fourth-order valence-electron chi connectivity index (χ4n) is 3.75. The largest absolute Gasteiger partial charge is 0.444 e. The molecule has 3 rings (SSSR count). The first kappa shape index (κ1) is 27.3. The Morgan fingerprint density at radius 3 is 2.28 bits per heavy atom. The molecule has 0 saturated heterocycles. The van der Waals surface area contributed by atoms with E-state index in [0.717, 1.165) is 4.57 Å². The van der Waals surface area contributed by atoms with E-state index < -0.39 is 40.6 Å². The van der Waals surface area contributed by atoms with Crippen LogP contribution in [-0.4, -0.2) is 20.8 Å². The van der Waals surface area contributed by atoms with Gasteiger partial charge in [0.15, 0.2) is 0 Å². The van der Waals surface area contributed by atoms with Gasteiger partial charge in [0.1, 0.15) is 21.7 Å². The molecular formula is C26H28BrF2N3O4. The summed E-state index contributed by atoms with van der Waals surface area (Å²) in [5.74, 6) is -1.11. The van der Waals surface area contributed by atoms with Crippen molar-refractivity contribution in [3.05, 3.63) is 102 Å². The van der Waals surface area contributed by atoms with Gasteiger partial charge >= 0.3 is 11.8 Å². The molecule has 192 valence electrons. The molecule has 7 nitrogen and oxygen atoms in total. The SMILES string of the molecule is Cc1cccc(F)c1Cn1c(C)c(Br)c(=O)n(C[C@H](NC(=O)OC(C)(C)C)c2ccccc2F)c1=O. The van der Waals surface area contributed by atoms with Gasteiger partial charge in [-0.2, -0.15) is 0 Å². The van der Waals surface area contributed by atoms with E-state index in [2.05, 4.69) is 21.2 Å². The van der Waals surface area contributed by atoms with Crippen LogP contribution in [-0.2, 0) is 17.8 Å². The van der Waals surface area contributed by atoms with Crippen molar-refractivity contribution in [2.45, 2.75) is 59.4 Å². The molecule has 0 saturated carbocycles. The number of hydrogen-bond donors (Lipinski definition) is 1. The summed E-state index contributed by atoms with van der Waals surface area (Å²) in [7, 11) is 0. The summed E-state index contributed by atoms with van der Waals surface area (Å²) in [5.41, 5.74) is -0.877. The molecule has 36 heavy (non-hydrogen) atoms. The second-order valence-electron chi connectivity index (χ2n) is 9.44. The molecule has 0 unspecified atom stereocenters. The lowest BCUT2D eigenvalue weighted by Crippen LogP contribution is -2.45. The minimum atomic E-state index is -1.11. The Morgan fingerprint density at radius 2 is 1.67 bits per heavy atom. The summed E-state index contributed by atoms with van der Waals surface area (Å²) in [4.78, 5) is 39.1. The number of ether oxygens (including phenoxy) is 1. The first-order valence-corrected chi connectivity index (χ1v) is 12.1. The normalized spacial score (nSPS) is 12.3. The first-order valence-electron chi connectivity index (χ1n) is 11.3. The number of carbonyl (C=O) groups excluding carboxylic acids is 1. The van der Waals surface area contributed by atoms with E-state index in [1.165, 1.54) is 28.8 Å². The summed E-state index contributed by atoms with van der Waals surface area (Å²) < 4.78 is 36.8. The molecule has 0 aliphatic rings. The van der Waals surface area contributed by atoms with Gasteiger partial charge in [-0.25, -0.2) is 18.4 Å². The Balaban J connectivity index is 2.11. The van der Waals surface area contributed by atoms with E-state index in [9.17, 15) is 23.2 Å². The molecular weight excluding hydrogens is 536 g/mol. The molecule has 2 aromatic carbocycles. The third kappa shape index (κ3) is 6.10. The third-order valence-electron chi connectivity index (χ3n) is 5.62. The van der Waals surface area contributed by atoms with E-state index in [0.29, 0.717) is 16.8 Å². The second-order valence-corrected chi connectivity index (χ2v) is 10.2. The van der Waals surface area contributed by atoms with E-state index in [4.69, 9.17) is 4.74 Å².